The molecule has 0 nitrogen and oxygen atoms in total. The van der Waals surface area contributed by atoms with Crippen LogP contribution >= 0.6 is 0 Å². The molecular formula is C8H24Si3. The largest absolute Gasteiger partial charge is 0.0724 e. The van der Waals surface area contributed by atoms with E-state index >= 15 is 0 Å². The van der Waals surface area contributed by atoms with Crippen LogP contribution in [0.5, 0.6) is 0 Å². The van der Waals surface area contributed by atoms with Gasteiger partial charge in [0.25, 0.3) is 0 Å². The summed E-state index contributed by atoms with van der Waals surface area (Å²) in [6, 6.07) is 3.17. The molecule has 0 amide bonds. The van der Waals surface area contributed by atoms with Crippen molar-refractivity contribution < 1.29 is 0 Å². The molecule has 0 aromatic rings. The Labute approximate surface area is 79.0 Å². The molecule has 0 aliphatic rings. The standard InChI is InChI=1S/C8H24Si3/c1-11(2)8-10-7-5-3-4-6-9/h11H,3-8,10H2,1-2,9H3. The van der Waals surface area contributed by atoms with E-state index in [1.165, 1.54) is 29.1 Å². The second kappa shape index (κ2) is 8.74. The van der Waals surface area contributed by atoms with Crippen molar-refractivity contribution in [3.63, 3.8) is 0 Å². The molecule has 0 bridgehead atoms. The molecule has 0 aromatic heterocycles. The maximum Gasteiger partial charge on any atom is 0.0274 e. The summed E-state index contributed by atoms with van der Waals surface area (Å²) in [7, 11) is 1.67. The summed E-state index contributed by atoms with van der Waals surface area (Å²) in [5, 5.41) is 0. The van der Waals surface area contributed by atoms with Crippen LogP contribution in [0.4, 0.5) is 0 Å². The Morgan fingerprint density at radius 1 is 1.18 bits per heavy atom. The predicted octanol–water partition coefficient (Wildman–Crippen LogP) is 0.972. The van der Waals surface area contributed by atoms with Crippen molar-refractivity contribution in [2.75, 3.05) is 0 Å². The second-order valence-electron chi connectivity index (χ2n) is 3.95. The third-order valence-electron chi connectivity index (χ3n) is 2.14. The van der Waals surface area contributed by atoms with Gasteiger partial charge in [-0.15, -0.1) is 0 Å². The molecule has 0 rings (SSSR count). The van der Waals surface area contributed by atoms with Crippen LogP contribution in [0.1, 0.15) is 19.3 Å². The molecule has 0 aromatic carbocycles. The van der Waals surface area contributed by atoms with Crippen LogP contribution in [0.3, 0.4) is 0 Å². The fourth-order valence-electron chi connectivity index (χ4n) is 1.33. The van der Waals surface area contributed by atoms with E-state index in [-0.39, 0.29) is 8.80 Å². The SMILES string of the molecule is C[SiH](C)C[SiH2]CCCCC[SiH3]. The van der Waals surface area contributed by atoms with Crippen molar-refractivity contribution in [1.82, 2.24) is 0 Å². The molecule has 0 saturated heterocycles. The summed E-state index contributed by atoms with van der Waals surface area (Å²) in [5.41, 5.74) is 1.71. The lowest BCUT2D eigenvalue weighted by molar-refractivity contribution is 0.768. The van der Waals surface area contributed by atoms with Crippen LogP contribution in [-0.2, 0) is 0 Å². The van der Waals surface area contributed by atoms with E-state index in [0.29, 0.717) is 9.52 Å². The van der Waals surface area contributed by atoms with Crippen molar-refractivity contribution in [1.29, 1.82) is 0 Å². The molecule has 68 valence electrons. The van der Waals surface area contributed by atoms with Gasteiger partial charge < -0.3 is 0 Å². The van der Waals surface area contributed by atoms with Crippen molar-refractivity contribution in [2.45, 2.75) is 50.1 Å². The topological polar surface area (TPSA) is 0 Å². The summed E-state index contributed by atoms with van der Waals surface area (Å²) < 4.78 is 0. The first kappa shape index (κ1) is 11.7. The van der Waals surface area contributed by atoms with Crippen molar-refractivity contribution in [2.24, 2.45) is 0 Å². The third-order valence-corrected chi connectivity index (χ3v) is 10.1. The minimum absolute atomic E-state index is 0.161. The molecule has 0 unspecified atom stereocenters. The minimum Gasteiger partial charge on any atom is -0.0724 e. The molecule has 0 spiro atoms. The molecule has 0 N–H and O–H groups in total. The summed E-state index contributed by atoms with van der Waals surface area (Å²) in [4.78, 5) is 0. The van der Waals surface area contributed by atoms with Gasteiger partial charge in [-0.2, -0.15) is 0 Å². The summed E-state index contributed by atoms with van der Waals surface area (Å²) in [6.45, 7) is 4.98. The Hall–Kier alpha value is 0.651. The lowest BCUT2D eigenvalue weighted by Gasteiger charge is -2.01. The van der Waals surface area contributed by atoms with E-state index in [0.717, 1.165) is 0 Å². The minimum atomic E-state index is -0.161. The highest BCUT2D eigenvalue weighted by atomic mass is 28.3. The molecular weight excluding hydrogens is 180 g/mol. The second-order valence-corrected chi connectivity index (χ2v) is 11.5. The molecule has 0 fully saturated rings. The quantitative estimate of drug-likeness (QED) is 0.428. The lowest BCUT2D eigenvalue weighted by Crippen LogP contribution is -2.04. The van der Waals surface area contributed by atoms with E-state index in [4.69, 9.17) is 0 Å². The Bertz CT molecular complexity index is 73.7. The first-order chi connectivity index (χ1) is 5.27. The highest BCUT2D eigenvalue weighted by molar-refractivity contribution is 6.67. The third kappa shape index (κ3) is 10.7. The van der Waals surface area contributed by atoms with Crippen LogP contribution in [-0.4, -0.2) is 28.6 Å². The zero-order valence-electron chi connectivity index (χ0n) is 8.53. The van der Waals surface area contributed by atoms with Gasteiger partial charge in [-0.25, -0.2) is 0 Å². The van der Waals surface area contributed by atoms with Gasteiger partial charge in [0.2, 0.25) is 0 Å². The van der Waals surface area contributed by atoms with Gasteiger partial charge in [0, 0.05) is 28.6 Å². The number of rotatable bonds is 7. The summed E-state index contributed by atoms with van der Waals surface area (Å²) in [6.07, 6.45) is 4.63. The van der Waals surface area contributed by atoms with Gasteiger partial charge in [-0.05, 0) is 0 Å². The Balaban J connectivity index is 2.80. The molecule has 3 heteroatoms. The average molecular weight is 205 g/mol. The van der Waals surface area contributed by atoms with Gasteiger partial charge in [0.1, 0.15) is 0 Å². The highest BCUT2D eigenvalue weighted by Crippen LogP contribution is 2.03. The zero-order chi connectivity index (χ0) is 8.53. The smallest absolute Gasteiger partial charge is 0.0274 e. The van der Waals surface area contributed by atoms with Crippen LogP contribution in [0.15, 0.2) is 0 Å². The molecule has 0 heterocycles. The number of hydrogen-bond donors (Lipinski definition) is 0. The van der Waals surface area contributed by atoms with Crippen LogP contribution in [0.2, 0.25) is 30.8 Å². The van der Waals surface area contributed by atoms with Crippen LogP contribution < -0.4 is 0 Å². The average Bonchev–Trinajstić information content (AvgIpc) is 1.96. The highest BCUT2D eigenvalue weighted by Gasteiger charge is 1.95. The number of hydrogen-bond acceptors (Lipinski definition) is 0. The van der Waals surface area contributed by atoms with E-state index in [2.05, 4.69) is 13.1 Å². The fraction of sp³-hybridized carbons (Fsp3) is 1.00. The molecule has 0 aliphatic heterocycles. The van der Waals surface area contributed by atoms with E-state index < -0.39 is 0 Å². The van der Waals surface area contributed by atoms with Gasteiger partial charge in [0.05, 0.1) is 0 Å². The zero-order valence-corrected chi connectivity index (χ0v) is 13.1. The molecule has 0 atom stereocenters. The van der Waals surface area contributed by atoms with E-state index in [9.17, 15) is 0 Å². The summed E-state index contributed by atoms with van der Waals surface area (Å²) >= 11 is 0. The number of unbranched alkanes of at least 4 members (excludes halogenated alkanes) is 2. The van der Waals surface area contributed by atoms with Crippen molar-refractivity contribution in [3.05, 3.63) is 0 Å². The van der Waals surface area contributed by atoms with E-state index in [1.807, 2.05) is 0 Å². The molecule has 11 heavy (non-hydrogen) atoms. The maximum absolute atomic E-state index is 2.49. The monoisotopic (exact) mass is 204 g/mol. The van der Waals surface area contributed by atoms with Gasteiger partial charge >= 0.3 is 0 Å². The Kier molecular flexibility index (Phi) is 9.26. The normalized spacial score (nSPS) is 12.3. The fourth-order valence-corrected chi connectivity index (χ4v) is 6.96. The van der Waals surface area contributed by atoms with Crippen LogP contribution in [0, 0.1) is 0 Å². The molecule has 0 radical (unpaired) electrons. The lowest BCUT2D eigenvalue weighted by atomic mass is 10.3. The Morgan fingerprint density at radius 2 is 1.91 bits per heavy atom. The van der Waals surface area contributed by atoms with Gasteiger partial charge in [0.15, 0.2) is 0 Å². The summed E-state index contributed by atoms with van der Waals surface area (Å²) in [5.74, 6) is 0. The van der Waals surface area contributed by atoms with Gasteiger partial charge in [-0.3, -0.25) is 0 Å². The predicted molar refractivity (Wildman–Crippen MR) is 65.6 cm³/mol. The molecule has 0 saturated carbocycles. The van der Waals surface area contributed by atoms with Crippen LogP contribution in [0.25, 0.3) is 0 Å². The first-order valence-corrected chi connectivity index (χ1v) is 11.8. The van der Waals surface area contributed by atoms with E-state index in [1.54, 1.807) is 18.1 Å². The van der Waals surface area contributed by atoms with Crippen molar-refractivity contribution >= 4 is 28.6 Å². The van der Waals surface area contributed by atoms with Gasteiger partial charge in [-0.1, -0.05) is 50.1 Å². The molecule has 0 aliphatic carbocycles. The Morgan fingerprint density at radius 3 is 2.45 bits per heavy atom. The first-order valence-electron chi connectivity index (χ1n) is 5.27. The maximum atomic E-state index is 2.49. The van der Waals surface area contributed by atoms with Crippen molar-refractivity contribution in [3.8, 4) is 0 Å².